The van der Waals surface area contributed by atoms with E-state index in [0.717, 1.165) is 53.8 Å². The maximum Gasteiger partial charge on any atom is 0.275 e. The van der Waals surface area contributed by atoms with Gasteiger partial charge < -0.3 is 14.6 Å². The molecule has 1 saturated carbocycles. The van der Waals surface area contributed by atoms with Gasteiger partial charge in [-0.15, -0.1) is 11.3 Å². The third-order valence-electron chi connectivity index (χ3n) is 6.77. The fraction of sp³-hybridized carbons (Fsp3) is 0.462. The number of amides is 2. The lowest BCUT2D eigenvalue weighted by atomic mass is 9.95. The van der Waals surface area contributed by atoms with Crippen molar-refractivity contribution in [2.24, 2.45) is 0 Å². The molecule has 6 nitrogen and oxygen atoms in total. The van der Waals surface area contributed by atoms with E-state index in [1.807, 2.05) is 41.8 Å². The van der Waals surface area contributed by atoms with Gasteiger partial charge in [-0.3, -0.25) is 14.5 Å². The van der Waals surface area contributed by atoms with E-state index in [1.54, 1.807) is 16.2 Å². The number of nitrogens with zero attached hydrogens (tertiary/aromatic N) is 2. The summed E-state index contributed by atoms with van der Waals surface area (Å²) in [7, 11) is 0. The van der Waals surface area contributed by atoms with Crippen molar-refractivity contribution in [1.82, 2.24) is 9.88 Å². The molecule has 1 N–H and O–H groups in total. The van der Waals surface area contributed by atoms with Gasteiger partial charge >= 0.3 is 0 Å². The predicted molar refractivity (Wildman–Crippen MR) is 132 cm³/mol. The summed E-state index contributed by atoms with van der Waals surface area (Å²) >= 11 is 1.73. The van der Waals surface area contributed by atoms with Crippen LogP contribution in [0.3, 0.4) is 0 Å². The van der Waals surface area contributed by atoms with E-state index >= 15 is 0 Å². The number of aromatic nitrogens is 1. The minimum atomic E-state index is -0.592. The van der Waals surface area contributed by atoms with E-state index in [2.05, 4.69) is 18.3 Å². The summed E-state index contributed by atoms with van der Waals surface area (Å²) in [5.74, 6) is 0.558. The Bertz CT molecular complexity index is 1160. The van der Waals surface area contributed by atoms with Gasteiger partial charge in [-0.05, 0) is 62.6 Å². The van der Waals surface area contributed by atoms with Gasteiger partial charge in [0, 0.05) is 16.6 Å². The lowest BCUT2D eigenvalue weighted by molar-refractivity contribution is -0.123. The Balaban J connectivity index is 1.52. The summed E-state index contributed by atoms with van der Waals surface area (Å²) < 4.78 is 8.72. The van der Waals surface area contributed by atoms with Crippen LogP contribution in [-0.2, 0) is 17.8 Å². The fourth-order valence-corrected chi connectivity index (χ4v) is 6.11. The molecule has 0 saturated heterocycles. The molecule has 2 amide bonds. The molecule has 2 aliphatic rings. The monoisotopic (exact) mass is 465 g/mol. The second-order valence-electron chi connectivity index (χ2n) is 8.92. The molecule has 0 spiro atoms. The van der Waals surface area contributed by atoms with E-state index in [9.17, 15) is 9.59 Å². The van der Waals surface area contributed by atoms with Crippen LogP contribution in [0.1, 0.15) is 61.3 Å². The van der Waals surface area contributed by atoms with Gasteiger partial charge in [-0.25, -0.2) is 0 Å². The molecule has 3 heterocycles. The molecule has 3 aromatic rings. The van der Waals surface area contributed by atoms with Crippen molar-refractivity contribution in [1.29, 1.82) is 0 Å². The number of rotatable bonds is 6. The summed E-state index contributed by atoms with van der Waals surface area (Å²) in [5.41, 5.74) is 2.42. The van der Waals surface area contributed by atoms with Crippen molar-refractivity contribution in [3.8, 4) is 5.75 Å². The highest BCUT2D eigenvalue weighted by Crippen LogP contribution is 2.35. The normalized spacial score (nSPS) is 19.0. The lowest BCUT2D eigenvalue weighted by Crippen LogP contribution is -2.57. The van der Waals surface area contributed by atoms with Crippen LogP contribution in [0, 0.1) is 0 Å². The minimum Gasteiger partial charge on any atom is -0.494 e. The van der Waals surface area contributed by atoms with E-state index < -0.39 is 6.04 Å². The molecule has 1 unspecified atom stereocenters. The van der Waals surface area contributed by atoms with Crippen LogP contribution in [0.15, 0.2) is 36.4 Å². The van der Waals surface area contributed by atoms with Gasteiger partial charge in [-0.2, -0.15) is 0 Å². The number of ether oxygens (including phenoxy) is 1. The summed E-state index contributed by atoms with van der Waals surface area (Å²) in [6.45, 7) is 5.12. The first-order valence-corrected chi connectivity index (χ1v) is 12.9. The van der Waals surface area contributed by atoms with Gasteiger partial charge in [0.2, 0.25) is 5.91 Å². The van der Waals surface area contributed by atoms with E-state index in [1.165, 1.54) is 11.3 Å². The van der Waals surface area contributed by atoms with E-state index in [-0.39, 0.29) is 17.9 Å². The van der Waals surface area contributed by atoms with Crippen LogP contribution < -0.4 is 15.0 Å². The second-order valence-corrected chi connectivity index (χ2v) is 10.1. The standard InChI is InChI=1S/C26H31N3O3S/c1-3-20-14-21-24(33-20)15-22-26(31)29(18-10-12-19(13-11-18)32-4-2)23(16-28(21)22)25(30)27-17-8-6-5-7-9-17/h10-15,17,23H,3-9,16H2,1-2H3,(H,27,30). The average molecular weight is 466 g/mol. The van der Waals surface area contributed by atoms with Gasteiger partial charge in [0.05, 0.1) is 23.4 Å². The predicted octanol–water partition coefficient (Wildman–Crippen LogP) is 5.14. The summed E-state index contributed by atoms with van der Waals surface area (Å²) in [6, 6.07) is 11.2. The number of thiophene rings is 1. The number of fused-ring (bicyclic) bond motifs is 3. The highest BCUT2D eigenvalue weighted by Gasteiger charge is 2.39. The molecule has 1 aliphatic heterocycles. The molecule has 0 bridgehead atoms. The summed E-state index contributed by atoms with van der Waals surface area (Å²) in [6.07, 6.45) is 6.52. The topological polar surface area (TPSA) is 63.6 Å². The van der Waals surface area contributed by atoms with Gasteiger partial charge in [0.1, 0.15) is 17.5 Å². The Morgan fingerprint density at radius 1 is 1.12 bits per heavy atom. The molecule has 33 heavy (non-hydrogen) atoms. The van der Waals surface area contributed by atoms with Gasteiger partial charge in [0.15, 0.2) is 0 Å². The molecule has 1 fully saturated rings. The molecule has 0 radical (unpaired) electrons. The number of carbonyl (C=O) groups is 2. The highest BCUT2D eigenvalue weighted by atomic mass is 32.1. The smallest absolute Gasteiger partial charge is 0.275 e. The van der Waals surface area contributed by atoms with Gasteiger partial charge in [0.25, 0.3) is 5.91 Å². The van der Waals surface area contributed by atoms with Crippen molar-refractivity contribution in [2.45, 2.75) is 71.0 Å². The van der Waals surface area contributed by atoms with Crippen LogP contribution in [0.5, 0.6) is 5.75 Å². The Labute approximate surface area is 198 Å². The SMILES string of the molecule is CCOc1ccc(N2C(=O)c3cc4sc(CC)cc4n3CC2C(=O)NC2CCCCC2)cc1. The fourth-order valence-electron chi connectivity index (χ4n) is 5.07. The largest absolute Gasteiger partial charge is 0.494 e. The Kier molecular flexibility index (Phi) is 6.15. The second kappa shape index (κ2) is 9.21. The number of nitrogens with one attached hydrogen (secondary N) is 1. The van der Waals surface area contributed by atoms with Crippen LogP contribution in [0.4, 0.5) is 5.69 Å². The van der Waals surface area contributed by atoms with Crippen molar-refractivity contribution >= 4 is 39.1 Å². The molecular weight excluding hydrogens is 434 g/mol. The third-order valence-corrected chi connectivity index (χ3v) is 7.99. The van der Waals surface area contributed by atoms with Gasteiger partial charge in [-0.1, -0.05) is 26.2 Å². The number of aryl methyl sites for hydroxylation is 1. The zero-order chi connectivity index (χ0) is 22.9. The van der Waals surface area contributed by atoms with Crippen LogP contribution >= 0.6 is 11.3 Å². The average Bonchev–Trinajstić information content (AvgIpc) is 3.39. The van der Waals surface area contributed by atoms with Crippen molar-refractivity contribution in [3.05, 3.63) is 47.0 Å². The molecule has 7 heteroatoms. The summed E-state index contributed by atoms with van der Waals surface area (Å²) in [5, 5.41) is 3.26. The lowest BCUT2D eigenvalue weighted by Gasteiger charge is -2.37. The maximum atomic E-state index is 13.8. The summed E-state index contributed by atoms with van der Waals surface area (Å²) in [4.78, 5) is 30.3. The quantitative estimate of drug-likeness (QED) is 0.548. The zero-order valence-electron chi connectivity index (χ0n) is 19.3. The Morgan fingerprint density at radius 3 is 2.58 bits per heavy atom. The minimum absolute atomic E-state index is 0.0671. The Hall–Kier alpha value is -2.80. The molecule has 2 aromatic heterocycles. The van der Waals surface area contributed by atoms with E-state index in [4.69, 9.17) is 4.74 Å². The highest BCUT2D eigenvalue weighted by molar-refractivity contribution is 7.19. The van der Waals surface area contributed by atoms with E-state index in [0.29, 0.717) is 18.8 Å². The first-order valence-electron chi connectivity index (χ1n) is 12.1. The van der Waals surface area contributed by atoms with Crippen LogP contribution in [-0.4, -0.2) is 35.1 Å². The number of anilines is 1. The van der Waals surface area contributed by atoms with Crippen LogP contribution in [0.2, 0.25) is 0 Å². The zero-order valence-corrected chi connectivity index (χ0v) is 20.1. The number of hydrogen-bond acceptors (Lipinski definition) is 4. The first-order chi connectivity index (χ1) is 16.1. The molecule has 174 valence electrons. The Morgan fingerprint density at radius 2 is 1.88 bits per heavy atom. The van der Waals surface area contributed by atoms with Crippen molar-refractivity contribution in [3.63, 3.8) is 0 Å². The molecule has 1 aromatic carbocycles. The first kappa shape index (κ1) is 22.0. The number of benzene rings is 1. The van der Waals surface area contributed by atoms with Crippen molar-refractivity contribution in [2.75, 3.05) is 11.5 Å². The maximum absolute atomic E-state index is 13.8. The third kappa shape index (κ3) is 4.14. The molecule has 5 rings (SSSR count). The van der Waals surface area contributed by atoms with Crippen LogP contribution in [0.25, 0.3) is 10.2 Å². The number of hydrogen-bond donors (Lipinski definition) is 1. The molecule has 1 aliphatic carbocycles. The molecule has 1 atom stereocenters. The van der Waals surface area contributed by atoms with Crippen molar-refractivity contribution < 1.29 is 14.3 Å². The number of carbonyl (C=O) groups excluding carboxylic acids is 2. The molecular formula is C26H31N3O3S.